The van der Waals surface area contributed by atoms with Gasteiger partial charge in [0.15, 0.2) is 11.5 Å². The van der Waals surface area contributed by atoms with Gasteiger partial charge in [0.1, 0.15) is 5.52 Å². The third-order valence-corrected chi connectivity index (χ3v) is 5.42. The number of hydrogen-bond donors (Lipinski definition) is 2. The number of hydrogen-bond acceptors (Lipinski definition) is 5. The SMILES string of the molecule is CC(C)NS(=O)(=O)c1ccc(NC(=O)CCc2nc3ccccc3o2)cc1. The van der Waals surface area contributed by atoms with Crippen molar-refractivity contribution in [2.75, 3.05) is 5.32 Å². The van der Waals surface area contributed by atoms with Crippen LogP contribution in [-0.2, 0) is 21.2 Å². The van der Waals surface area contributed by atoms with E-state index in [1.165, 1.54) is 12.1 Å². The zero-order valence-electron chi connectivity index (χ0n) is 15.1. The van der Waals surface area contributed by atoms with E-state index in [4.69, 9.17) is 4.42 Å². The third-order valence-electron chi connectivity index (χ3n) is 3.74. The average Bonchev–Trinajstić information content (AvgIpc) is 3.02. The van der Waals surface area contributed by atoms with E-state index in [0.717, 1.165) is 5.52 Å². The van der Waals surface area contributed by atoms with Gasteiger partial charge in [-0.1, -0.05) is 12.1 Å². The molecule has 0 atom stereocenters. The number of aromatic nitrogens is 1. The fourth-order valence-corrected chi connectivity index (χ4v) is 3.82. The maximum Gasteiger partial charge on any atom is 0.240 e. The molecule has 0 bridgehead atoms. The molecule has 1 aromatic heterocycles. The third kappa shape index (κ3) is 4.93. The Balaban J connectivity index is 1.57. The second-order valence-electron chi connectivity index (χ2n) is 6.42. The Hall–Kier alpha value is -2.71. The normalized spacial score (nSPS) is 11.8. The van der Waals surface area contributed by atoms with Gasteiger partial charge < -0.3 is 9.73 Å². The molecule has 0 aliphatic carbocycles. The van der Waals surface area contributed by atoms with Crippen molar-refractivity contribution >= 4 is 32.7 Å². The lowest BCUT2D eigenvalue weighted by Crippen LogP contribution is -2.30. The van der Waals surface area contributed by atoms with Crippen LogP contribution in [0.3, 0.4) is 0 Å². The van der Waals surface area contributed by atoms with Gasteiger partial charge in [-0.25, -0.2) is 18.1 Å². The van der Waals surface area contributed by atoms with Crippen LogP contribution < -0.4 is 10.0 Å². The highest BCUT2D eigenvalue weighted by Crippen LogP contribution is 2.17. The predicted octanol–water partition coefficient (Wildman–Crippen LogP) is 3.09. The van der Waals surface area contributed by atoms with E-state index in [1.807, 2.05) is 24.3 Å². The molecule has 1 heterocycles. The fraction of sp³-hybridized carbons (Fsp3) is 0.263. The molecular formula is C19H21N3O4S. The Morgan fingerprint density at radius 3 is 2.48 bits per heavy atom. The summed E-state index contributed by atoms with van der Waals surface area (Å²) >= 11 is 0. The molecule has 27 heavy (non-hydrogen) atoms. The van der Waals surface area contributed by atoms with Crippen molar-refractivity contribution in [1.29, 1.82) is 0 Å². The molecule has 0 spiro atoms. The standard InChI is InChI=1S/C19H21N3O4S/c1-13(2)22-27(24,25)15-9-7-14(8-10-15)20-18(23)11-12-19-21-16-5-3-4-6-17(16)26-19/h3-10,13,22H,11-12H2,1-2H3,(H,20,23). The summed E-state index contributed by atoms with van der Waals surface area (Å²) in [4.78, 5) is 16.6. The Labute approximate surface area is 157 Å². The van der Waals surface area contributed by atoms with Gasteiger partial charge in [-0.05, 0) is 50.2 Å². The summed E-state index contributed by atoms with van der Waals surface area (Å²) < 4.78 is 32.3. The van der Waals surface area contributed by atoms with Crippen LogP contribution in [-0.4, -0.2) is 25.4 Å². The van der Waals surface area contributed by atoms with Crippen LogP contribution in [0.5, 0.6) is 0 Å². The molecule has 0 radical (unpaired) electrons. The first-order chi connectivity index (χ1) is 12.8. The highest BCUT2D eigenvalue weighted by Gasteiger charge is 2.15. The molecule has 2 N–H and O–H groups in total. The van der Waals surface area contributed by atoms with Crippen LogP contribution in [0.4, 0.5) is 5.69 Å². The number of aryl methyl sites for hydroxylation is 1. The number of carbonyl (C=O) groups is 1. The van der Waals surface area contributed by atoms with Gasteiger partial charge >= 0.3 is 0 Å². The number of oxazole rings is 1. The molecule has 142 valence electrons. The minimum atomic E-state index is -3.55. The van der Waals surface area contributed by atoms with Crippen LogP contribution in [0.2, 0.25) is 0 Å². The second-order valence-corrected chi connectivity index (χ2v) is 8.14. The molecule has 0 unspecified atom stereocenters. The zero-order chi connectivity index (χ0) is 19.4. The molecule has 0 saturated heterocycles. The number of fused-ring (bicyclic) bond motifs is 1. The highest BCUT2D eigenvalue weighted by atomic mass is 32.2. The molecule has 3 aromatic rings. The van der Waals surface area contributed by atoms with Crippen molar-refractivity contribution in [2.45, 2.75) is 37.6 Å². The van der Waals surface area contributed by atoms with E-state index in [-0.39, 0.29) is 23.3 Å². The number of nitrogens with one attached hydrogen (secondary N) is 2. The first-order valence-electron chi connectivity index (χ1n) is 8.60. The Morgan fingerprint density at radius 1 is 1.11 bits per heavy atom. The second kappa shape index (κ2) is 7.89. The smallest absolute Gasteiger partial charge is 0.240 e. The number of para-hydroxylation sites is 2. The van der Waals surface area contributed by atoms with Gasteiger partial charge in [-0.2, -0.15) is 0 Å². The van der Waals surface area contributed by atoms with Gasteiger partial charge in [0.2, 0.25) is 15.9 Å². The fourth-order valence-electron chi connectivity index (χ4n) is 2.57. The van der Waals surface area contributed by atoms with Crippen molar-refractivity contribution in [1.82, 2.24) is 9.71 Å². The number of amides is 1. The molecule has 0 aliphatic heterocycles. The minimum absolute atomic E-state index is 0.153. The van der Waals surface area contributed by atoms with Gasteiger partial charge in [0.25, 0.3) is 0 Å². The average molecular weight is 387 g/mol. The summed E-state index contributed by atoms with van der Waals surface area (Å²) in [5.74, 6) is 0.306. The first-order valence-corrected chi connectivity index (χ1v) is 10.1. The van der Waals surface area contributed by atoms with Crippen LogP contribution in [0.25, 0.3) is 11.1 Å². The van der Waals surface area contributed by atoms with E-state index >= 15 is 0 Å². The van der Waals surface area contributed by atoms with Crippen LogP contribution in [0.1, 0.15) is 26.2 Å². The van der Waals surface area contributed by atoms with Crippen molar-refractivity contribution in [3.63, 3.8) is 0 Å². The lowest BCUT2D eigenvalue weighted by Gasteiger charge is -2.10. The quantitative estimate of drug-likeness (QED) is 0.649. The van der Waals surface area contributed by atoms with Gasteiger partial charge in [0.05, 0.1) is 4.90 Å². The van der Waals surface area contributed by atoms with Crippen LogP contribution >= 0.6 is 0 Å². The van der Waals surface area contributed by atoms with Gasteiger partial charge in [0, 0.05) is 24.6 Å². The van der Waals surface area contributed by atoms with E-state index in [2.05, 4.69) is 15.0 Å². The number of sulfonamides is 1. The van der Waals surface area contributed by atoms with Crippen LogP contribution in [0, 0.1) is 0 Å². The lowest BCUT2D eigenvalue weighted by atomic mass is 10.2. The maximum absolute atomic E-state index is 12.1. The summed E-state index contributed by atoms with van der Waals surface area (Å²) in [6.45, 7) is 3.51. The zero-order valence-corrected chi connectivity index (χ0v) is 15.9. The van der Waals surface area contributed by atoms with E-state index in [1.54, 1.807) is 26.0 Å². The Morgan fingerprint density at radius 2 is 1.81 bits per heavy atom. The van der Waals surface area contributed by atoms with E-state index < -0.39 is 10.0 Å². The summed E-state index contributed by atoms with van der Waals surface area (Å²) in [6, 6.07) is 13.3. The Bertz CT molecular complexity index is 1010. The summed E-state index contributed by atoms with van der Waals surface area (Å²) in [7, 11) is -3.55. The monoisotopic (exact) mass is 387 g/mol. The van der Waals surface area contributed by atoms with Gasteiger partial charge in [-0.15, -0.1) is 0 Å². The lowest BCUT2D eigenvalue weighted by molar-refractivity contribution is -0.116. The molecule has 1 amide bonds. The topological polar surface area (TPSA) is 101 Å². The van der Waals surface area contributed by atoms with E-state index in [0.29, 0.717) is 23.6 Å². The molecule has 8 heteroatoms. The number of nitrogens with zero attached hydrogens (tertiary/aromatic N) is 1. The van der Waals surface area contributed by atoms with Crippen molar-refractivity contribution in [2.24, 2.45) is 0 Å². The molecule has 2 aromatic carbocycles. The largest absolute Gasteiger partial charge is 0.441 e. The number of anilines is 1. The summed E-state index contributed by atoms with van der Waals surface area (Å²) in [5.41, 5.74) is 1.99. The molecule has 0 saturated carbocycles. The number of rotatable bonds is 7. The first kappa shape index (κ1) is 19.1. The Kier molecular flexibility index (Phi) is 5.57. The number of carbonyl (C=O) groups excluding carboxylic acids is 1. The number of benzene rings is 2. The minimum Gasteiger partial charge on any atom is -0.441 e. The molecule has 7 nitrogen and oxygen atoms in total. The highest BCUT2D eigenvalue weighted by molar-refractivity contribution is 7.89. The molecular weight excluding hydrogens is 366 g/mol. The molecule has 3 rings (SSSR count). The van der Waals surface area contributed by atoms with Crippen molar-refractivity contribution in [3.05, 3.63) is 54.4 Å². The van der Waals surface area contributed by atoms with Crippen molar-refractivity contribution < 1.29 is 17.6 Å². The summed E-state index contributed by atoms with van der Waals surface area (Å²) in [5, 5.41) is 2.74. The van der Waals surface area contributed by atoms with E-state index in [9.17, 15) is 13.2 Å². The molecule has 0 fully saturated rings. The summed E-state index contributed by atoms with van der Waals surface area (Å²) in [6.07, 6.45) is 0.590. The van der Waals surface area contributed by atoms with Gasteiger partial charge in [-0.3, -0.25) is 4.79 Å². The predicted molar refractivity (Wildman–Crippen MR) is 103 cm³/mol. The van der Waals surface area contributed by atoms with Crippen molar-refractivity contribution in [3.8, 4) is 0 Å². The maximum atomic E-state index is 12.1. The molecule has 0 aliphatic rings. The van der Waals surface area contributed by atoms with Crippen LogP contribution in [0.15, 0.2) is 57.8 Å².